The van der Waals surface area contributed by atoms with Crippen molar-refractivity contribution < 1.29 is 8.42 Å². The van der Waals surface area contributed by atoms with Crippen LogP contribution in [0.2, 0.25) is 0 Å². The maximum Gasteiger partial charge on any atom is 0.150 e. The Morgan fingerprint density at radius 2 is 2.32 bits per heavy atom. The van der Waals surface area contributed by atoms with Crippen molar-refractivity contribution >= 4 is 9.84 Å². The number of pyridine rings is 1. The van der Waals surface area contributed by atoms with Crippen LogP contribution in [0.5, 0.6) is 0 Å². The van der Waals surface area contributed by atoms with Crippen molar-refractivity contribution in [1.29, 1.82) is 0 Å². The number of sulfone groups is 1. The number of nitrogens with one attached hydrogen (secondary N) is 1. The van der Waals surface area contributed by atoms with E-state index in [0.717, 1.165) is 12.1 Å². The molecule has 3 N–H and O–H groups in total. The standard InChI is InChI=1S/C13H21N3O2S/c1-2-10-3-4-12(15-8-10)7-13(16-14)11-5-6-19(17,18)9-11/h3-4,8,11,13,16H,2,5-7,9,14H2,1H3. The molecule has 1 aromatic rings. The second-order valence-electron chi connectivity index (χ2n) is 5.15. The number of hydrogen-bond donors (Lipinski definition) is 2. The zero-order valence-corrected chi connectivity index (χ0v) is 12.0. The first-order valence-electron chi connectivity index (χ1n) is 6.64. The lowest BCUT2D eigenvalue weighted by Crippen LogP contribution is -2.43. The molecule has 1 saturated heterocycles. The molecular weight excluding hydrogens is 262 g/mol. The number of hydrazine groups is 1. The topological polar surface area (TPSA) is 85.1 Å². The molecule has 5 nitrogen and oxygen atoms in total. The van der Waals surface area contributed by atoms with E-state index in [4.69, 9.17) is 5.84 Å². The second-order valence-corrected chi connectivity index (χ2v) is 7.38. The van der Waals surface area contributed by atoms with Gasteiger partial charge in [-0.15, -0.1) is 0 Å². The van der Waals surface area contributed by atoms with Gasteiger partial charge in [-0.25, -0.2) is 8.42 Å². The summed E-state index contributed by atoms with van der Waals surface area (Å²) < 4.78 is 23.0. The van der Waals surface area contributed by atoms with Gasteiger partial charge < -0.3 is 0 Å². The van der Waals surface area contributed by atoms with Crippen LogP contribution in [0.1, 0.15) is 24.6 Å². The molecule has 0 aromatic carbocycles. The molecule has 0 amide bonds. The number of nitrogens with two attached hydrogens (primary N) is 1. The zero-order valence-electron chi connectivity index (χ0n) is 11.2. The van der Waals surface area contributed by atoms with Crippen molar-refractivity contribution in [2.75, 3.05) is 11.5 Å². The molecule has 2 unspecified atom stereocenters. The normalized spacial score (nSPS) is 23.4. The van der Waals surface area contributed by atoms with Crippen molar-refractivity contribution in [3.05, 3.63) is 29.6 Å². The van der Waals surface area contributed by atoms with Crippen molar-refractivity contribution in [1.82, 2.24) is 10.4 Å². The summed E-state index contributed by atoms with van der Waals surface area (Å²) in [5, 5.41) is 0. The summed E-state index contributed by atoms with van der Waals surface area (Å²) in [6.45, 7) is 2.09. The van der Waals surface area contributed by atoms with Crippen molar-refractivity contribution in [3.63, 3.8) is 0 Å². The zero-order chi connectivity index (χ0) is 13.9. The van der Waals surface area contributed by atoms with E-state index in [-0.39, 0.29) is 23.5 Å². The minimum absolute atomic E-state index is 0.0303. The van der Waals surface area contributed by atoms with Crippen LogP contribution in [0.3, 0.4) is 0 Å². The van der Waals surface area contributed by atoms with Gasteiger partial charge in [0.05, 0.1) is 11.5 Å². The average Bonchev–Trinajstić information content (AvgIpc) is 2.77. The van der Waals surface area contributed by atoms with E-state index in [1.165, 1.54) is 5.56 Å². The van der Waals surface area contributed by atoms with Crippen molar-refractivity contribution in [3.8, 4) is 0 Å². The SMILES string of the molecule is CCc1ccc(CC(NN)C2CCS(=O)(=O)C2)nc1. The van der Waals surface area contributed by atoms with E-state index < -0.39 is 9.84 Å². The summed E-state index contributed by atoms with van der Waals surface area (Å²) in [6, 6.07) is 4.02. The first kappa shape index (κ1) is 14.4. The maximum atomic E-state index is 11.5. The molecule has 2 atom stereocenters. The number of aryl methyl sites for hydroxylation is 1. The predicted molar refractivity (Wildman–Crippen MR) is 75.2 cm³/mol. The van der Waals surface area contributed by atoms with Crippen LogP contribution in [-0.2, 0) is 22.7 Å². The van der Waals surface area contributed by atoms with Crippen molar-refractivity contribution in [2.24, 2.45) is 11.8 Å². The molecular formula is C13H21N3O2S. The Bertz CT molecular complexity index is 513. The Morgan fingerprint density at radius 3 is 2.79 bits per heavy atom. The van der Waals surface area contributed by atoms with Crippen LogP contribution >= 0.6 is 0 Å². The lowest BCUT2D eigenvalue weighted by atomic mass is 9.95. The summed E-state index contributed by atoms with van der Waals surface area (Å²) in [5.41, 5.74) is 4.90. The van der Waals surface area contributed by atoms with Gasteiger partial charge in [-0.3, -0.25) is 16.3 Å². The van der Waals surface area contributed by atoms with Gasteiger partial charge in [-0.2, -0.15) is 0 Å². The van der Waals surface area contributed by atoms with Gasteiger partial charge in [0.25, 0.3) is 0 Å². The molecule has 2 heterocycles. The lowest BCUT2D eigenvalue weighted by Gasteiger charge is -2.21. The summed E-state index contributed by atoms with van der Waals surface area (Å²) in [6.07, 6.45) is 4.19. The van der Waals surface area contributed by atoms with Crippen LogP contribution in [0.4, 0.5) is 0 Å². The molecule has 1 aromatic heterocycles. The van der Waals surface area contributed by atoms with Gasteiger partial charge in [0.2, 0.25) is 0 Å². The third-order valence-corrected chi connectivity index (χ3v) is 5.57. The molecule has 1 fully saturated rings. The van der Waals surface area contributed by atoms with Gasteiger partial charge in [-0.05, 0) is 30.4 Å². The third-order valence-electron chi connectivity index (χ3n) is 3.77. The Hall–Kier alpha value is -0.980. The molecule has 6 heteroatoms. The summed E-state index contributed by atoms with van der Waals surface area (Å²) in [5.74, 6) is 6.17. The van der Waals surface area contributed by atoms with E-state index in [2.05, 4.69) is 23.4 Å². The summed E-state index contributed by atoms with van der Waals surface area (Å²) >= 11 is 0. The predicted octanol–water partition coefficient (Wildman–Crippen LogP) is 0.453. The number of hydrogen-bond acceptors (Lipinski definition) is 5. The highest BCUT2D eigenvalue weighted by Crippen LogP contribution is 2.23. The molecule has 106 valence electrons. The smallest absolute Gasteiger partial charge is 0.150 e. The van der Waals surface area contributed by atoms with Crippen LogP contribution in [0.25, 0.3) is 0 Å². The fraction of sp³-hybridized carbons (Fsp3) is 0.615. The molecule has 1 aliphatic rings. The fourth-order valence-corrected chi connectivity index (χ4v) is 4.39. The van der Waals surface area contributed by atoms with Gasteiger partial charge >= 0.3 is 0 Å². The first-order valence-corrected chi connectivity index (χ1v) is 8.46. The van der Waals surface area contributed by atoms with Crippen LogP contribution in [0.15, 0.2) is 18.3 Å². The molecule has 0 saturated carbocycles. The molecule has 0 bridgehead atoms. The number of nitrogens with zero attached hydrogens (tertiary/aromatic N) is 1. The van der Waals surface area contributed by atoms with Gasteiger partial charge in [0.15, 0.2) is 9.84 Å². The van der Waals surface area contributed by atoms with Crippen LogP contribution < -0.4 is 11.3 Å². The molecule has 0 aliphatic carbocycles. The van der Waals surface area contributed by atoms with Crippen molar-refractivity contribution in [2.45, 2.75) is 32.2 Å². The lowest BCUT2D eigenvalue weighted by molar-refractivity contribution is 0.382. The first-order chi connectivity index (χ1) is 9.04. The van der Waals surface area contributed by atoms with E-state index in [1.807, 2.05) is 12.3 Å². The second kappa shape index (κ2) is 5.98. The quantitative estimate of drug-likeness (QED) is 0.605. The largest absolute Gasteiger partial charge is 0.271 e. The highest BCUT2D eigenvalue weighted by atomic mass is 32.2. The maximum absolute atomic E-state index is 11.5. The van der Waals surface area contributed by atoms with Gasteiger partial charge in [0, 0.05) is 24.4 Å². The molecule has 2 rings (SSSR count). The third kappa shape index (κ3) is 3.75. The van der Waals surface area contributed by atoms with E-state index in [1.54, 1.807) is 0 Å². The Kier molecular flexibility index (Phi) is 4.54. The Balaban J connectivity index is 2.02. The Morgan fingerprint density at radius 1 is 1.53 bits per heavy atom. The van der Waals surface area contributed by atoms with Gasteiger partial charge in [0.1, 0.15) is 0 Å². The van der Waals surface area contributed by atoms with E-state index >= 15 is 0 Å². The monoisotopic (exact) mass is 283 g/mol. The van der Waals surface area contributed by atoms with Gasteiger partial charge in [-0.1, -0.05) is 13.0 Å². The highest BCUT2D eigenvalue weighted by Gasteiger charge is 2.33. The minimum Gasteiger partial charge on any atom is -0.271 e. The summed E-state index contributed by atoms with van der Waals surface area (Å²) in [4.78, 5) is 4.40. The number of aromatic nitrogens is 1. The molecule has 19 heavy (non-hydrogen) atoms. The number of rotatable bonds is 5. The minimum atomic E-state index is -2.87. The Labute approximate surface area is 114 Å². The molecule has 1 aliphatic heterocycles. The highest BCUT2D eigenvalue weighted by molar-refractivity contribution is 7.91. The van der Waals surface area contributed by atoms with Crippen LogP contribution in [-0.4, -0.2) is 30.9 Å². The summed E-state index contributed by atoms with van der Waals surface area (Å²) in [7, 11) is -2.87. The van der Waals surface area contributed by atoms with E-state index in [9.17, 15) is 8.42 Å². The molecule has 0 radical (unpaired) electrons. The molecule has 0 spiro atoms. The van der Waals surface area contributed by atoms with E-state index in [0.29, 0.717) is 12.8 Å². The average molecular weight is 283 g/mol. The van der Waals surface area contributed by atoms with Crippen LogP contribution in [0, 0.1) is 5.92 Å². The fourth-order valence-electron chi connectivity index (χ4n) is 2.51.